The Morgan fingerprint density at radius 2 is 2.24 bits per heavy atom. The second kappa shape index (κ2) is 7.07. The van der Waals surface area contributed by atoms with Crippen LogP contribution in [0.25, 0.3) is 0 Å². The van der Waals surface area contributed by atoms with Crippen LogP contribution in [0.2, 0.25) is 5.02 Å². The molecule has 1 aromatic rings. The highest BCUT2D eigenvalue weighted by atomic mass is 35.5. The van der Waals surface area contributed by atoms with Crippen LogP contribution in [0.4, 0.5) is 0 Å². The quantitative estimate of drug-likeness (QED) is 0.864. The van der Waals surface area contributed by atoms with E-state index in [0.29, 0.717) is 19.7 Å². The number of nitrogens with two attached hydrogens (primary N) is 1. The Bertz CT molecular complexity index is 586. The fraction of sp³-hybridized carbons (Fsp3) is 0.571. The third-order valence-corrected chi connectivity index (χ3v) is 6.06. The smallest absolute Gasteiger partial charge is 0.244 e. The number of ether oxygens (including phenoxy) is 1. The molecule has 0 radical (unpaired) electrons. The third kappa shape index (κ3) is 3.76. The van der Waals surface area contributed by atoms with Crippen molar-refractivity contribution >= 4 is 21.6 Å². The minimum atomic E-state index is -3.64. The fourth-order valence-electron chi connectivity index (χ4n) is 2.42. The molecule has 1 fully saturated rings. The zero-order valence-electron chi connectivity index (χ0n) is 12.1. The molecule has 0 saturated carbocycles. The zero-order chi connectivity index (χ0) is 15.5. The number of rotatable bonds is 6. The first-order valence-electron chi connectivity index (χ1n) is 7.09. The summed E-state index contributed by atoms with van der Waals surface area (Å²) in [6.07, 6.45) is 1.84. The number of sulfonamides is 1. The van der Waals surface area contributed by atoms with Crippen molar-refractivity contribution < 1.29 is 13.2 Å². The average Bonchev–Trinajstić information content (AvgIpc) is 2.98. The Kier molecular flexibility index (Phi) is 5.62. The number of halogens is 1. The summed E-state index contributed by atoms with van der Waals surface area (Å²) in [4.78, 5) is 0.118. The Hall–Kier alpha value is -0.660. The van der Waals surface area contributed by atoms with Crippen LogP contribution < -0.4 is 5.73 Å². The highest BCUT2D eigenvalue weighted by Crippen LogP contribution is 2.27. The molecule has 0 bridgehead atoms. The van der Waals surface area contributed by atoms with E-state index in [-0.39, 0.29) is 22.6 Å². The van der Waals surface area contributed by atoms with Gasteiger partial charge in [0.25, 0.3) is 0 Å². The summed E-state index contributed by atoms with van der Waals surface area (Å²) in [6, 6.07) is 4.87. The van der Waals surface area contributed by atoms with Crippen molar-refractivity contribution in [3.8, 4) is 0 Å². The number of likely N-dealkylation sites (N-methyl/N-ethyl adjacent to an activating group) is 1. The van der Waals surface area contributed by atoms with Gasteiger partial charge in [0.05, 0.1) is 11.1 Å². The van der Waals surface area contributed by atoms with Gasteiger partial charge in [-0.3, -0.25) is 0 Å². The highest BCUT2D eigenvalue weighted by Gasteiger charge is 2.29. The lowest BCUT2D eigenvalue weighted by molar-refractivity contribution is 0.0947. The van der Waals surface area contributed by atoms with Crippen molar-refractivity contribution in [2.24, 2.45) is 5.73 Å². The molecule has 0 spiro atoms. The van der Waals surface area contributed by atoms with Gasteiger partial charge in [0.15, 0.2) is 0 Å². The first-order chi connectivity index (χ1) is 9.98. The summed E-state index contributed by atoms with van der Waals surface area (Å²) in [5, 5.41) is 0.220. The third-order valence-electron chi connectivity index (χ3n) is 3.63. The molecule has 1 aliphatic rings. The van der Waals surface area contributed by atoms with Gasteiger partial charge in [-0.25, -0.2) is 8.42 Å². The van der Waals surface area contributed by atoms with Crippen molar-refractivity contribution in [1.29, 1.82) is 0 Å². The molecule has 1 atom stereocenters. The summed E-state index contributed by atoms with van der Waals surface area (Å²) in [5.74, 6) is 0. The molecule has 1 unspecified atom stereocenters. The van der Waals surface area contributed by atoms with Gasteiger partial charge in [0, 0.05) is 26.2 Å². The predicted molar refractivity (Wildman–Crippen MR) is 82.8 cm³/mol. The second-order valence-electron chi connectivity index (χ2n) is 5.06. The molecule has 1 heterocycles. The Morgan fingerprint density at radius 3 is 2.81 bits per heavy atom. The predicted octanol–water partition coefficient (Wildman–Crippen LogP) is 1.99. The van der Waals surface area contributed by atoms with Crippen molar-refractivity contribution in [2.75, 3.05) is 19.7 Å². The van der Waals surface area contributed by atoms with Gasteiger partial charge < -0.3 is 10.5 Å². The van der Waals surface area contributed by atoms with Gasteiger partial charge >= 0.3 is 0 Å². The van der Waals surface area contributed by atoms with Crippen molar-refractivity contribution in [1.82, 2.24) is 4.31 Å². The molecular weight excluding hydrogens is 312 g/mol. The minimum absolute atomic E-state index is 0.0313. The number of benzene rings is 1. The van der Waals surface area contributed by atoms with Crippen LogP contribution in [0, 0.1) is 0 Å². The van der Waals surface area contributed by atoms with E-state index in [1.165, 1.54) is 4.31 Å². The normalized spacial score (nSPS) is 19.3. The maximum atomic E-state index is 12.8. The van der Waals surface area contributed by atoms with E-state index in [4.69, 9.17) is 22.1 Å². The first kappa shape index (κ1) is 16.7. The monoisotopic (exact) mass is 332 g/mol. The topological polar surface area (TPSA) is 72.6 Å². The molecule has 7 heteroatoms. The first-order valence-corrected chi connectivity index (χ1v) is 8.91. The van der Waals surface area contributed by atoms with E-state index in [2.05, 4.69) is 0 Å². The van der Waals surface area contributed by atoms with Gasteiger partial charge in [-0.15, -0.1) is 0 Å². The Balaban J connectivity index is 2.29. The molecule has 1 aromatic carbocycles. The maximum absolute atomic E-state index is 12.8. The van der Waals surface area contributed by atoms with Gasteiger partial charge in [0.1, 0.15) is 4.90 Å². The maximum Gasteiger partial charge on any atom is 0.244 e. The molecule has 0 aromatic heterocycles. The van der Waals surface area contributed by atoms with E-state index >= 15 is 0 Å². The van der Waals surface area contributed by atoms with Gasteiger partial charge in [0.2, 0.25) is 10.0 Å². The van der Waals surface area contributed by atoms with Crippen LogP contribution in [0.3, 0.4) is 0 Å². The second-order valence-corrected chi connectivity index (χ2v) is 7.37. The lowest BCUT2D eigenvalue weighted by Gasteiger charge is -2.24. The van der Waals surface area contributed by atoms with Gasteiger partial charge in [-0.1, -0.05) is 24.6 Å². The SMILES string of the molecule is CCN(CC1CCCO1)S(=O)(=O)c1cc(CN)ccc1Cl. The van der Waals surface area contributed by atoms with Gasteiger partial charge in [-0.2, -0.15) is 4.31 Å². The average molecular weight is 333 g/mol. The van der Waals surface area contributed by atoms with E-state index < -0.39 is 10.0 Å². The van der Waals surface area contributed by atoms with Crippen LogP contribution in [0.5, 0.6) is 0 Å². The van der Waals surface area contributed by atoms with Crippen LogP contribution in [0.1, 0.15) is 25.3 Å². The summed E-state index contributed by atoms with van der Waals surface area (Å²) < 4.78 is 32.5. The van der Waals surface area contributed by atoms with Crippen LogP contribution in [-0.2, 0) is 21.3 Å². The largest absolute Gasteiger partial charge is 0.377 e. The Labute approximate surface area is 131 Å². The van der Waals surface area contributed by atoms with Gasteiger partial charge in [-0.05, 0) is 30.5 Å². The molecular formula is C14H21ClN2O3S. The molecule has 0 aliphatic carbocycles. The number of nitrogens with zero attached hydrogens (tertiary/aromatic N) is 1. The molecule has 2 N–H and O–H groups in total. The molecule has 1 saturated heterocycles. The molecule has 0 amide bonds. The standard InChI is InChI=1S/C14H21ClN2O3S/c1-2-17(10-12-4-3-7-20-12)21(18,19)14-8-11(9-16)5-6-13(14)15/h5-6,8,12H,2-4,7,9-10,16H2,1H3. The molecule has 118 valence electrons. The molecule has 2 rings (SSSR count). The van der Waals surface area contributed by atoms with E-state index in [0.717, 1.165) is 18.4 Å². The van der Waals surface area contributed by atoms with Crippen LogP contribution >= 0.6 is 11.6 Å². The van der Waals surface area contributed by atoms with E-state index in [1.54, 1.807) is 18.2 Å². The summed E-state index contributed by atoms with van der Waals surface area (Å²) in [6.45, 7) is 3.53. The van der Waals surface area contributed by atoms with Crippen LogP contribution in [-0.4, -0.2) is 38.5 Å². The summed E-state index contributed by atoms with van der Waals surface area (Å²) in [7, 11) is -3.64. The number of hydrogen-bond acceptors (Lipinski definition) is 4. The lowest BCUT2D eigenvalue weighted by Crippen LogP contribution is -2.37. The van der Waals surface area contributed by atoms with E-state index in [9.17, 15) is 8.42 Å². The van der Waals surface area contributed by atoms with E-state index in [1.807, 2.05) is 6.92 Å². The minimum Gasteiger partial charge on any atom is -0.377 e. The Morgan fingerprint density at radius 1 is 1.48 bits per heavy atom. The molecule has 21 heavy (non-hydrogen) atoms. The van der Waals surface area contributed by atoms with Crippen molar-refractivity contribution in [3.05, 3.63) is 28.8 Å². The fourth-order valence-corrected chi connectivity index (χ4v) is 4.43. The lowest BCUT2D eigenvalue weighted by atomic mass is 10.2. The van der Waals surface area contributed by atoms with Crippen LogP contribution in [0.15, 0.2) is 23.1 Å². The highest BCUT2D eigenvalue weighted by molar-refractivity contribution is 7.89. The molecule has 5 nitrogen and oxygen atoms in total. The number of hydrogen-bond donors (Lipinski definition) is 1. The zero-order valence-corrected chi connectivity index (χ0v) is 13.7. The van der Waals surface area contributed by atoms with Crippen molar-refractivity contribution in [2.45, 2.75) is 37.3 Å². The summed E-state index contributed by atoms with van der Waals surface area (Å²) in [5.41, 5.74) is 6.32. The summed E-state index contributed by atoms with van der Waals surface area (Å²) >= 11 is 6.08. The molecule has 1 aliphatic heterocycles. The van der Waals surface area contributed by atoms with Crippen molar-refractivity contribution in [3.63, 3.8) is 0 Å².